The molecule has 0 bridgehead atoms. The van der Waals surface area contributed by atoms with Gasteiger partial charge in [0.25, 0.3) is 0 Å². The average Bonchev–Trinajstić information content (AvgIpc) is 2.75. The van der Waals surface area contributed by atoms with E-state index in [0.717, 1.165) is 5.75 Å². The Balaban J connectivity index is 2.06. The summed E-state index contributed by atoms with van der Waals surface area (Å²) in [5, 5.41) is 4.43. The van der Waals surface area contributed by atoms with Crippen molar-refractivity contribution in [2.45, 2.75) is 37.6 Å². The molecule has 0 aliphatic carbocycles. The van der Waals surface area contributed by atoms with Crippen molar-refractivity contribution in [3.63, 3.8) is 0 Å². The first-order chi connectivity index (χ1) is 8.22. The fourth-order valence-corrected chi connectivity index (χ4v) is 3.59. The van der Waals surface area contributed by atoms with Gasteiger partial charge in [-0.2, -0.15) is 11.8 Å². The van der Waals surface area contributed by atoms with E-state index >= 15 is 0 Å². The molecular formula is C14H21NOS. The Morgan fingerprint density at radius 1 is 1.41 bits per heavy atom. The maximum absolute atomic E-state index is 5.41. The van der Waals surface area contributed by atoms with Crippen molar-refractivity contribution in [3.05, 3.63) is 29.8 Å². The van der Waals surface area contributed by atoms with Gasteiger partial charge < -0.3 is 10.1 Å². The SMILES string of the molecule is COc1ccccc1C(C)NC1CCSC1C. The van der Waals surface area contributed by atoms with Gasteiger partial charge in [-0.25, -0.2) is 0 Å². The molecule has 1 aromatic rings. The van der Waals surface area contributed by atoms with Crippen LogP contribution in [0.3, 0.4) is 0 Å². The molecule has 1 N–H and O–H groups in total. The molecule has 2 nitrogen and oxygen atoms in total. The van der Waals surface area contributed by atoms with Gasteiger partial charge in [-0.05, 0) is 25.2 Å². The summed E-state index contributed by atoms with van der Waals surface area (Å²) in [4.78, 5) is 0. The van der Waals surface area contributed by atoms with Gasteiger partial charge in [-0.3, -0.25) is 0 Å². The molecular weight excluding hydrogens is 230 g/mol. The van der Waals surface area contributed by atoms with Crippen molar-refractivity contribution in [1.29, 1.82) is 0 Å². The molecule has 1 aliphatic rings. The Morgan fingerprint density at radius 3 is 2.82 bits per heavy atom. The lowest BCUT2D eigenvalue weighted by atomic mass is 10.0. The van der Waals surface area contributed by atoms with Gasteiger partial charge in [0.15, 0.2) is 0 Å². The summed E-state index contributed by atoms with van der Waals surface area (Å²) in [5.41, 5.74) is 1.25. The lowest BCUT2D eigenvalue weighted by Crippen LogP contribution is -2.35. The molecule has 3 heteroatoms. The van der Waals surface area contributed by atoms with Crippen LogP contribution in [-0.2, 0) is 0 Å². The lowest BCUT2D eigenvalue weighted by Gasteiger charge is -2.23. The van der Waals surface area contributed by atoms with Crippen molar-refractivity contribution in [2.75, 3.05) is 12.9 Å². The molecule has 1 aromatic carbocycles. The van der Waals surface area contributed by atoms with E-state index in [0.29, 0.717) is 17.3 Å². The van der Waals surface area contributed by atoms with Crippen LogP contribution in [0.15, 0.2) is 24.3 Å². The number of para-hydroxylation sites is 1. The average molecular weight is 251 g/mol. The predicted octanol–water partition coefficient (Wildman–Crippen LogP) is 3.24. The predicted molar refractivity (Wildman–Crippen MR) is 74.9 cm³/mol. The maximum Gasteiger partial charge on any atom is 0.123 e. The minimum atomic E-state index is 0.345. The zero-order valence-corrected chi connectivity index (χ0v) is 11.6. The summed E-state index contributed by atoms with van der Waals surface area (Å²) >= 11 is 2.06. The second kappa shape index (κ2) is 5.78. The summed E-state index contributed by atoms with van der Waals surface area (Å²) in [6.07, 6.45) is 1.27. The number of ether oxygens (including phenoxy) is 1. The number of hydrogen-bond acceptors (Lipinski definition) is 3. The highest BCUT2D eigenvalue weighted by atomic mass is 32.2. The molecule has 0 radical (unpaired) electrons. The third kappa shape index (κ3) is 2.96. The zero-order valence-electron chi connectivity index (χ0n) is 10.8. The standard InChI is InChI=1S/C14H21NOS/c1-10(15-13-8-9-17-11(13)2)12-6-4-5-7-14(12)16-3/h4-7,10-11,13,15H,8-9H2,1-3H3. The molecule has 1 fully saturated rings. The Morgan fingerprint density at radius 2 is 2.18 bits per heavy atom. The fraction of sp³-hybridized carbons (Fsp3) is 0.571. The second-order valence-corrected chi connectivity index (χ2v) is 6.09. The Bertz CT molecular complexity index is 369. The quantitative estimate of drug-likeness (QED) is 0.887. The highest BCUT2D eigenvalue weighted by Crippen LogP contribution is 2.30. The van der Waals surface area contributed by atoms with E-state index in [-0.39, 0.29) is 0 Å². The first kappa shape index (κ1) is 12.8. The van der Waals surface area contributed by atoms with Crippen LogP contribution in [-0.4, -0.2) is 24.2 Å². The van der Waals surface area contributed by atoms with Gasteiger partial charge in [-0.1, -0.05) is 25.1 Å². The van der Waals surface area contributed by atoms with Gasteiger partial charge in [0, 0.05) is 22.9 Å². The summed E-state index contributed by atoms with van der Waals surface area (Å²) in [5.74, 6) is 2.25. The molecule has 0 spiro atoms. The van der Waals surface area contributed by atoms with Crippen LogP contribution in [0.1, 0.15) is 31.9 Å². The number of hydrogen-bond donors (Lipinski definition) is 1. The maximum atomic E-state index is 5.41. The number of benzene rings is 1. The van der Waals surface area contributed by atoms with Crippen LogP contribution < -0.4 is 10.1 Å². The lowest BCUT2D eigenvalue weighted by molar-refractivity contribution is 0.392. The highest BCUT2D eigenvalue weighted by molar-refractivity contribution is 8.00. The van der Waals surface area contributed by atoms with Gasteiger partial charge >= 0.3 is 0 Å². The third-order valence-electron chi connectivity index (χ3n) is 3.45. The normalized spacial score (nSPS) is 25.8. The van der Waals surface area contributed by atoms with Crippen molar-refractivity contribution in [3.8, 4) is 5.75 Å². The molecule has 3 unspecified atom stereocenters. The van der Waals surface area contributed by atoms with E-state index in [2.05, 4.69) is 43.1 Å². The second-order valence-electron chi connectivity index (χ2n) is 4.60. The number of nitrogens with one attached hydrogen (secondary N) is 1. The minimum absolute atomic E-state index is 0.345. The van der Waals surface area contributed by atoms with Crippen LogP contribution in [0, 0.1) is 0 Å². The van der Waals surface area contributed by atoms with Gasteiger partial charge in [0.05, 0.1) is 7.11 Å². The first-order valence-electron chi connectivity index (χ1n) is 6.23. The Kier molecular flexibility index (Phi) is 4.35. The summed E-state index contributed by atoms with van der Waals surface area (Å²) in [6, 6.07) is 9.23. The number of methoxy groups -OCH3 is 1. The smallest absolute Gasteiger partial charge is 0.123 e. The van der Waals surface area contributed by atoms with Crippen LogP contribution in [0.5, 0.6) is 5.75 Å². The third-order valence-corrected chi connectivity index (χ3v) is 4.77. The van der Waals surface area contributed by atoms with E-state index in [1.54, 1.807) is 7.11 Å². The molecule has 0 saturated carbocycles. The van der Waals surface area contributed by atoms with Gasteiger partial charge in [0.1, 0.15) is 5.75 Å². The van der Waals surface area contributed by atoms with Gasteiger partial charge in [-0.15, -0.1) is 0 Å². The van der Waals surface area contributed by atoms with Crippen LogP contribution in [0.4, 0.5) is 0 Å². The molecule has 3 atom stereocenters. The Hall–Kier alpha value is -0.670. The summed E-state index contributed by atoms with van der Waals surface area (Å²) < 4.78 is 5.41. The van der Waals surface area contributed by atoms with E-state index in [1.807, 2.05) is 12.1 Å². The fourth-order valence-electron chi connectivity index (χ4n) is 2.39. The highest BCUT2D eigenvalue weighted by Gasteiger charge is 2.25. The molecule has 1 aliphatic heterocycles. The van der Waals surface area contributed by atoms with Crippen LogP contribution in [0.2, 0.25) is 0 Å². The van der Waals surface area contributed by atoms with E-state index in [4.69, 9.17) is 4.74 Å². The minimum Gasteiger partial charge on any atom is -0.496 e. The number of thioether (sulfide) groups is 1. The van der Waals surface area contributed by atoms with Gasteiger partial charge in [0.2, 0.25) is 0 Å². The van der Waals surface area contributed by atoms with E-state index < -0.39 is 0 Å². The molecule has 2 rings (SSSR count). The van der Waals surface area contributed by atoms with Crippen molar-refractivity contribution >= 4 is 11.8 Å². The monoisotopic (exact) mass is 251 g/mol. The summed E-state index contributed by atoms with van der Waals surface area (Å²) in [7, 11) is 1.74. The number of rotatable bonds is 4. The van der Waals surface area contributed by atoms with Crippen molar-refractivity contribution < 1.29 is 4.74 Å². The van der Waals surface area contributed by atoms with Crippen LogP contribution >= 0.6 is 11.8 Å². The molecule has 1 saturated heterocycles. The van der Waals surface area contributed by atoms with E-state index in [1.165, 1.54) is 17.7 Å². The first-order valence-corrected chi connectivity index (χ1v) is 7.28. The molecule has 17 heavy (non-hydrogen) atoms. The summed E-state index contributed by atoms with van der Waals surface area (Å²) in [6.45, 7) is 4.53. The van der Waals surface area contributed by atoms with Crippen LogP contribution in [0.25, 0.3) is 0 Å². The molecule has 0 aromatic heterocycles. The van der Waals surface area contributed by atoms with E-state index in [9.17, 15) is 0 Å². The van der Waals surface area contributed by atoms with Crippen molar-refractivity contribution in [2.24, 2.45) is 0 Å². The topological polar surface area (TPSA) is 21.3 Å². The zero-order chi connectivity index (χ0) is 12.3. The molecule has 94 valence electrons. The largest absolute Gasteiger partial charge is 0.496 e. The van der Waals surface area contributed by atoms with Crippen molar-refractivity contribution in [1.82, 2.24) is 5.32 Å². The molecule has 0 amide bonds. The Labute approximate surface area is 108 Å². The molecule has 1 heterocycles.